The molecule has 0 aliphatic carbocycles. The lowest BCUT2D eigenvalue weighted by Crippen LogP contribution is -2.60. The van der Waals surface area contributed by atoms with E-state index >= 15 is 0 Å². The minimum atomic E-state index is -1.04. The van der Waals surface area contributed by atoms with E-state index in [1.807, 2.05) is 121 Å². The van der Waals surface area contributed by atoms with Crippen LogP contribution in [0.1, 0.15) is 35.1 Å². The van der Waals surface area contributed by atoms with Gasteiger partial charge in [0, 0.05) is 26.1 Å². The van der Waals surface area contributed by atoms with Gasteiger partial charge in [0.15, 0.2) is 12.6 Å². The van der Waals surface area contributed by atoms with E-state index in [1.54, 1.807) is 6.08 Å². The number of hydrogen-bond acceptors (Lipinski definition) is 10. The fraction of sp³-hybridized carbons (Fsp3) is 0.404. The lowest BCUT2D eigenvalue weighted by atomic mass is 9.77. The predicted molar refractivity (Wildman–Crippen MR) is 215 cm³/mol. The fourth-order valence-electron chi connectivity index (χ4n) is 7.94. The topological polar surface area (TPSA) is 128 Å². The number of ether oxygens (including phenoxy) is 8. The number of carboxylic acid groups (broad SMARTS) is 1. The summed E-state index contributed by atoms with van der Waals surface area (Å²) in [5.74, 6) is -3.08. The Hall–Kier alpha value is -4.56. The summed E-state index contributed by atoms with van der Waals surface area (Å²) in [4.78, 5) is 25.9. The largest absolute Gasteiger partial charge is 0.481 e. The maximum absolute atomic E-state index is 13.2. The van der Waals surface area contributed by atoms with E-state index in [0.29, 0.717) is 0 Å². The third-order valence-electron chi connectivity index (χ3n) is 10.8. The van der Waals surface area contributed by atoms with E-state index in [2.05, 4.69) is 6.58 Å². The van der Waals surface area contributed by atoms with Crippen LogP contribution in [0.4, 0.5) is 0 Å². The second-order valence-corrected chi connectivity index (χ2v) is 14.6. The number of benzene rings is 4. The first-order valence-corrected chi connectivity index (χ1v) is 19.7. The third kappa shape index (κ3) is 11.3. The molecule has 0 saturated carbocycles. The van der Waals surface area contributed by atoms with E-state index in [0.717, 1.165) is 28.5 Å². The minimum absolute atomic E-state index is 0.104. The molecule has 58 heavy (non-hydrogen) atoms. The number of carbonyl (C=O) groups is 2. The Balaban J connectivity index is 1.32. The van der Waals surface area contributed by atoms with Gasteiger partial charge in [-0.05, 0) is 28.7 Å². The second-order valence-electron chi connectivity index (χ2n) is 14.6. The lowest BCUT2D eigenvalue weighted by Gasteiger charge is -2.49. The molecule has 0 radical (unpaired) electrons. The SMILES string of the molecule is C=C[C@@H]1[C@H](OCc2ccccc2)[C@@H](OC)O[C@H](C(CC(=O)O)C[C@H]2O[C@H](OC)[C@@H](OCc3ccccc3)[C@@H](C=O)[C@@H]2OCc2ccccc2)[C@H]1OCc1ccccc1. The summed E-state index contributed by atoms with van der Waals surface area (Å²) >= 11 is 0. The van der Waals surface area contributed by atoms with E-state index in [1.165, 1.54) is 14.2 Å². The molecule has 4 aromatic carbocycles. The summed E-state index contributed by atoms with van der Waals surface area (Å²) in [7, 11) is 3.02. The zero-order valence-electron chi connectivity index (χ0n) is 33.0. The summed E-state index contributed by atoms with van der Waals surface area (Å²) in [6.07, 6.45) is -4.16. The van der Waals surface area contributed by atoms with Crippen LogP contribution in [0, 0.1) is 17.8 Å². The molecule has 2 aliphatic rings. The first-order valence-electron chi connectivity index (χ1n) is 19.7. The Morgan fingerprint density at radius 1 is 0.621 bits per heavy atom. The lowest BCUT2D eigenvalue weighted by molar-refractivity contribution is -0.311. The smallest absolute Gasteiger partial charge is 0.303 e. The molecule has 0 aromatic heterocycles. The van der Waals surface area contributed by atoms with E-state index in [9.17, 15) is 14.7 Å². The summed E-state index contributed by atoms with van der Waals surface area (Å²) in [5.41, 5.74) is 3.70. The number of rotatable bonds is 21. The van der Waals surface area contributed by atoms with Crippen LogP contribution in [-0.2, 0) is 73.9 Å². The first-order chi connectivity index (χ1) is 28.4. The monoisotopic (exact) mass is 794 g/mol. The van der Waals surface area contributed by atoms with Crippen LogP contribution in [0.15, 0.2) is 134 Å². The highest BCUT2D eigenvalue weighted by molar-refractivity contribution is 5.67. The van der Waals surface area contributed by atoms with Crippen molar-refractivity contribution < 1.29 is 52.6 Å². The van der Waals surface area contributed by atoms with E-state index in [-0.39, 0.29) is 39.3 Å². The molecule has 0 spiro atoms. The van der Waals surface area contributed by atoms with E-state index in [4.69, 9.17) is 37.9 Å². The molecule has 2 fully saturated rings. The summed E-state index contributed by atoms with van der Waals surface area (Å²) in [5, 5.41) is 10.4. The molecule has 2 aliphatic heterocycles. The molecule has 0 amide bonds. The summed E-state index contributed by atoms with van der Waals surface area (Å²) < 4.78 is 51.4. The van der Waals surface area contributed by atoms with Crippen LogP contribution in [0.5, 0.6) is 0 Å². The van der Waals surface area contributed by atoms with Gasteiger partial charge in [-0.25, -0.2) is 0 Å². The maximum atomic E-state index is 13.2. The van der Waals surface area contributed by atoms with Crippen LogP contribution in [0.25, 0.3) is 0 Å². The van der Waals surface area contributed by atoms with Gasteiger partial charge >= 0.3 is 5.97 Å². The van der Waals surface area contributed by atoms with Crippen LogP contribution in [-0.4, -0.2) is 80.8 Å². The zero-order chi connectivity index (χ0) is 40.7. The van der Waals surface area contributed by atoms with Crippen molar-refractivity contribution >= 4 is 12.3 Å². The number of aliphatic carboxylic acids is 1. The quantitative estimate of drug-likeness (QED) is 0.0682. The van der Waals surface area contributed by atoms with Gasteiger partial charge in [-0.1, -0.05) is 127 Å². The average molecular weight is 795 g/mol. The predicted octanol–water partition coefficient (Wildman–Crippen LogP) is 7.17. The van der Waals surface area contributed by atoms with Gasteiger partial charge in [-0.3, -0.25) is 4.79 Å². The molecule has 11 nitrogen and oxygen atoms in total. The van der Waals surface area contributed by atoms with Crippen molar-refractivity contribution in [1.82, 2.24) is 0 Å². The van der Waals surface area contributed by atoms with Crippen molar-refractivity contribution in [3.8, 4) is 0 Å². The molecule has 308 valence electrons. The van der Waals surface area contributed by atoms with E-state index < -0.39 is 72.9 Å². The maximum Gasteiger partial charge on any atom is 0.303 e. The number of aldehydes is 1. The highest BCUT2D eigenvalue weighted by Gasteiger charge is 2.53. The van der Waals surface area contributed by atoms with Crippen molar-refractivity contribution in [3.63, 3.8) is 0 Å². The van der Waals surface area contributed by atoms with Crippen LogP contribution in [0.3, 0.4) is 0 Å². The van der Waals surface area contributed by atoms with Gasteiger partial charge in [0.25, 0.3) is 0 Å². The number of methoxy groups -OCH3 is 2. The van der Waals surface area contributed by atoms with Crippen molar-refractivity contribution in [2.24, 2.45) is 17.8 Å². The molecule has 1 N–H and O–H groups in total. The van der Waals surface area contributed by atoms with Gasteiger partial charge < -0.3 is 47.8 Å². The van der Waals surface area contributed by atoms with Crippen LogP contribution in [0.2, 0.25) is 0 Å². The molecule has 2 saturated heterocycles. The van der Waals surface area contributed by atoms with Gasteiger partial charge in [-0.15, -0.1) is 6.58 Å². The van der Waals surface area contributed by atoms with Gasteiger partial charge in [-0.2, -0.15) is 0 Å². The van der Waals surface area contributed by atoms with Gasteiger partial charge in [0.05, 0.1) is 63.2 Å². The standard InChI is InChI=1S/C47H54O11/c1-4-37-43(54-29-33-19-11-6-12-20-33)41(58-47(52-3)44(37)55-30-34-21-13-7-14-22-34)36(26-40(49)50)25-39-42(53-28-32-17-9-5-10-18-32)38(27-48)45(46(51-2)57-39)56-31-35-23-15-8-16-24-35/h4-24,27,36-39,41-47H,1,25-26,28-31H2,2-3H3,(H,49,50)/t36?,37-,38-,39+,41+,42-,43-,44-,45-,46-,47-/m0/s1. The second kappa shape index (κ2) is 22.0. The Kier molecular flexibility index (Phi) is 16.3. The molecule has 4 aromatic rings. The average Bonchev–Trinajstić information content (AvgIpc) is 3.26. The summed E-state index contributed by atoms with van der Waals surface area (Å²) in [6.45, 7) is 5.08. The van der Waals surface area contributed by atoms with Gasteiger partial charge in [0.1, 0.15) is 18.5 Å². The molecular weight excluding hydrogens is 741 g/mol. The minimum Gasteiger partial charge on any atom is -0.481 e. The number of carbonyl (C=O) groups excluding carboxylic acids is 1. The van der Waals surface area contributed by atoms with Gasteiger partial charge in [0.2, 0.25) is 0 Å². The Morgan fingerprint density at radius 2 is 1.02 bits per heavy atom. The van der Waals surface area contributed by atoms with Crippen molar-refractivity contribution in [1.29, 1.82) is 0 Å². The zero-order valence-corrected chi connectivity index (χ0v) is 33.0. The van der Waals surface area contributed by atoms with Crippen molar-refractivity contribution in [2.75, 3.05) is 14.2 Å². The highest BCUT2D eigenvalue weighted by Crippen LogP contribution is 2.41. The molecule has 11 heteroatoms. The van der Waals surface area contributed by atoms with Crippen molar-refractivity contribution in [3.05, 3.63) is 156 Å². The molecule has 2 heterocycles. The number of carboxylic acids is 1. The normalized spacial score (nSPS) is 27.7. The Labute approximate surface area is 340 Å². The van der Waals surface area contributed by atoms with Crippen LogP contribution < -0.4 is 0 Å². The molecule has 0 bridgehead atoms. The first kappa shape index (κ1) is 43.0. The highest BCUT2D eigenvalue weighted by atomic mass is 16.7. The Morgan fingerprint density at radius 3 is 1.41 bits per heavy atom. The molecule has 6 rings (SSSR count). The summed E-state index contributed by atoms with van der Waals surface area (Å²) in [6, 6.07) is 38.7. The fourth-order valence-corrected chi connectivity index (χ4v) is 7.94. The molecule has 11 atom stereocenters. The van der Waals surface area contributed by atoms with Crippen molar-refractivity contribution in [2.45, 2.75) is 88.5 Å². The molecular formula is C47H54O11. The Bertz CT molecular complexity index is 1810. The molecule has 1 unspecified atom stereocenters. The van der Waals surface area contributed by atoms with Crippen LogP contribution >= 0.6 is 0 Å². The number of hydrogen-bond donors (Lipinski definition) is 1. The third-order valence-corrected chi connectivity index (χ3v) is 10.8.